The van der Waals surface area contributed by atoms with E-state index in [1.165, 1.54) is 24.0 Å². The number of carbonyl (C=O) groups excluding carboxylic acids is 1. The molecular formula is C21H27N3O3. The molecule has 2 aliphatic rings. The minimum absolute atomic E-state index is 0.0846. The first-order valence-corrected chi connectivity index (χ1v) is 9.76. The summed E-state index contributed by atoms with van der Waals surface area (Å²) in [6.07, 6.45) is 4.07. The van der Waals surface area contributed by atoms with E-state index in [1.54, 1.807) is 0 Å². The van der Waals surface area contributed by atoms with E-state index < -0.39 is 5.97 Å². The molecule has 2 fully saturated rings. The highest BCUT2D eigenvalue weighted by atomic mass is 16.4. The number of rotatable bonds is 7. The largest absolute Gasteiger partial charge is 0.480 e. The van der Waals surface area contributed by atoms with E-state index in [1.807, 2.05) is 12.1 Å². The zero-order chi connectivity index (χ0) is 19.1. The van der Waals surface area contributed by atoms with Crippen LogP contribution in [0.2, 0.25) is 0 Å². The van der Waals surface area contributed by atoms with Crippen LogP contribution in [-0.4, -0.2) is 52.0 Å². The second-order valence-electron chi connectivity index (χ2n) is 8.21. The maximum Gasteiger partial charge on any atom is 0.317 e. The van der Waals surface area contributed by atoms with Crippen molar-refractivity contribution in [2.45, 2.75) is 51.6 Å². The molecule has 1 aromatic heterocycles. The first-order valence-electron chi connectivity index (χ1n) is 9.76. The highest BCUT2D eigenvalue weighted by Crippen LogP contribution is 2.34. The first-order chi connectivity index (χ1) is 12.9. The number of carboxylic acids is 1. The van der Waals surface area contributed by atoms with Crippen LogP contribution in [0.3, 0.4) is 0 Å². The maximum absolute atomic E-state index is 12.6. The van der Waals surface area contributed by atoms with Crippen molar-refractivity contribution in [1.29, 1.82) is 0 Å². The van der Waals surface area contributed by atoms with Gasteiger partial charge in [-0.2, -0.15) is 0 Å². The average molecular weight is 369 g/mol. The molecule has 4 rings (SSSR count). The third-order valence-corrected chi connectivity index (χ3v) is 6.08. The molecule has 6 nitrogen and oxygen atoms in total. The van der Waals surface area contributed by atoms with E-state index in [0.717, 1.165) is 30.3 Å². The summed E-state index contributed by atoms with van der Waals surface area (Å²) in [7, 11) is 0. The SMILES string of the molecule is Cc1ccc2[nH]c(C(=O)NC3CC(N(CC(=O)O)CC4CC4)C3)cc2c1C. The molecule has 1 heterocycles. The summed E-state index contributed by atoms with van der Waals surface area (Å²) in [6, 6.07) is 6.37. The van der Waals surface area contributed by atoms with Crippen LogP contribution in [-0.2, 0) is 4.79 Å². The molecule has 0 bridgehead atoms. The lowest BCUT2D eigenvalue weighted by Crippen LogP contribution is -2.55. The lowest BCUT2D eigenvalue weighted by atomic mass is 9.85. The second kappa shape index (κ2) is 7.00. The van der Waals surface area contributed by atoms with E-state index >= 15 is 0 Å². The number of hydrogen-bond donors (Lipinski definition) is 3. The lowest BCUT2D eigenvalue weighted by Gasteiger charge is -2.42. The molecule has 1 amide bonds. The van der Waals surface area contributed by atoms with E-state index in [9.17, 15) is 9.59 Å². The average Bonchev–Trinajstić information content (AvgIpc) is 3.28. The van der Waals surface area contributed by atoms with E-state index in [-0.39, 0.29) is 24.5 Å². The molecule has 27 heavy (non-hydrogen) atoms. The van der Waals surface area contributed by atoms with Gasteiger partial charge in [-0.3, -0.25) is 14.5 Å². The minimum Gasteiger partial charge on any atom is -0.480 e. The summed E-state index contributed by atoms with van der Waals surface area (Å²) in [5.41, 5.74) is 3.97. The Morgan fingerprint density at radius 1 is 1.26 bits per heavy atom. The molecular weight excluding hydrogens is 342 g/mol. The molecule has 3 N–H and O–H groups in total. The van der Waals surface area contributed by atoms with Crippen LogP contribution in [0, 0.1) is 19.8 Å². The molecule has 0 atom stereocenters. The predicted molar refractivity (Wildman–Crippen MR) is 104 cm³/mol. The van der Waals surface area contributed by atoms with Gasteiger partial charge in [-0.1, -0.05) is 6.07 Å². The van der Waals surface area contributed by atoms with E-state index in [0.29, 0.717) is 11.6 Å². The van der Waals surface area contributed by atoms with Crippen molar-refractivity contribution in [3.8, 4) is 0 Å². The monoisotopic (exact) mass is 369 g/mol. The van der Waals surface area contributed by atoms with E-state index in [2.05, 4.69) is 35.1 Å². The number of aryl methyl sites for hydroxylation is 2. The molecule has 144 valence electrons. The Bertz CT molecular complexity index is 878. The van der Waals surface area contributed by atoms with Gasteiger partial charge in [0.2, 0.25) is 0 Å². The summed E-state index contributed by atoms with van der Waals surface area (Å²) in [4.78, 5) is 29.0. The number of fused-ring (bicyclic) bond motifs is 1. The summed E-state index contributed by atoms with van der Waals surface area (Å²) in [5.74, 6) is -0.193. The van der Waals surface area contributed by atoms with Crippen molar-refractivity contribution < 1.29 is 14.7 Å². The molecule has 0 spiro atoms. The number of carbonyl (C=O) groups is 2. The fourth-order valence-corrected chi connectivity index (χ4v) is 4.00. The summed E-state index contributed by atoms with van der Waals surface area (Å²) in [6.45, 7) is 5.11. The van der Waals surface area contributed by atoms with Crippen LogP contribution in [0.15, 0.2) is 18.2 Å². The standard InChI is InChI=1S/C21H27N3O3/c1-12-3-6-18-17(13(12)2)9-19(23-18)21(27)22-15-7-16(8-15)24(11-20(25)26)10-14-4-5-14/h3,6,9,14-16,23H,4-5,7-8,10-11H2,1-2H3,(H,22,27)(H,25,26). The third-order valence-electron chi connectivity index (χ3n) is 6.08. The Morgan fingerprint density at radius 3 is 2.67 bits per heavy atom. The number of amides is 1. The van der Waals surface area contributed by atoms with E-state index in [4.69, 9.17) is 5.11 Å². The second-order valence-corrected chi connectivity index (χ2v) is 8.21. The topological polar surface area (TPSA) is 85.4 Å². The number of aliphatic carboxylic acids is 1. The number of aromatic nitrogens is 1. The van der Waals surface area contributed by atoms with Gasteiger partial charge in [0.1, 0.15) is 5.69 Å². The van der Waals surface area contributed by atoms with Gasteiger partial charge in [0.05, 0.1) is 6.54 Å². The number of aromatic amines is 1. The summed E-state index contributed by atoms with van der Waals surface area (Å²) >= 11 is 0. The van der Waals surface area contributed by atoms with Crippen molar-refractivity contribution in [3.05, 3.63) is 35.0 Å². The number of hydrogen-bond acceptors (Lipinski definition) is 3. The first kappa shape index (κ1) is 18.0. The lowest BCUT2D eigenvalue weighted by molar-refractivity contribution is -0.139. The normalized spacial score (nSPS) is 22.0. The van der Waals surface area contributed by atoms with Crippen LogP contribution in [0.4, 0.5) is 0 Å². The van der Waals surface area contributed by atoms with Crippen molar-refractivity contribution in [1.82, 2.24) is 15.2 Å². The fraction of sp³-hybridized carbons (Fsp3) is 0.524. The number of nitrogens with one attached hydrogen (secondary N) is 2. The van der Waals surface area contributed by atoms with Gasteiger partial charge in [0, 0.05) is 29.5 Å². The van der Waals surface area contributed by atoms with Gasteiger partial charge in [-0.25, -0.2) is 0 Å². The summed E-state index contributed by atoms with van der Waals surface area (Å²) < 4.78 is 0. The zero-order valence-electron chi connectivity index (χ0n) is 15.9. The molecule has 0 radical (unpaired) electrons. The highest BCUT2D eigenvalue weighted by Gasteiger charge is 2.37. The van der Waals surface area contributed by atoms with Gasteiger partial charge in [0.25, 0.3) is 5.91 Å². The Morgan fingerprint density at radius 2 is 2.00 bits per heavy atom. The quantitative estimate of drug-likeness (QED) is 0.701. The van der Waals surface area contributed by atoms with Crippen LogP contribution in [0.25, 0.3) is 10.9 Å². The fourth-order valence-electron chi connectivity index (χ4n) is 4.00. The van der Waals surface area contributed by atoms with Gasteiger partial charge < -0.3 is 15.4 Å². The van der Waals surface area contributed by atoms with Gasteiger partial charge in [0.15, 0.2) is 0 Å². The molecule has 0 aliphatic heterocycles. The number of carboxylic acid groups (broad SMARTS) is 1. The van der Waals surface area contributed by atoms with Crippen LogP contribution >= 0.6 is 0 Å². The summed E-state index contributed by atoms with van der Waals surface area (Å²) in [5, 5.41) is 13.3. The molecule has 0 unspecified atom stereocenters. The van der Waals surface area contributed by atoms with Gasteiger partial charge >= 0.3 is 5.97 Å². The van der Waals surface area contributed by atoms with Gasteiger partial charge in [-0.05, 0) is 68.7 Å². The number of benzene rings is 1. The van der Waals surface area contributed by atoms with Crippen LogP contribution in [0.1, 0.15) is 47.3 Å². The third kappa shape index (κ3) is 3.86. The van der Waals surface area contributed by atoms with Crippen molar-refractivity contribution in [2.24, 2.45) is 5.92 Å². The Kier molecular flexibility index (Phi) is 4.68. The highest BCUT2D eigenvalue weighted by molar-refractivity contribution is 5.99. The molecule has 2 aromatic rings. The Hall–Kier alpha value is -2.34. The minimum atomic E-state index is -0.771. The van der Waals surface area contributed by atoms with Crippen molar-refractivity contribution in [3.63, 3.8) is 0 Å². The number of nitrogens with zero attached hydrogens (tertiary/aromatic N) is 1. The Balaban J connectivity index is 1.35. The predicted octanol–water partition coefficient (Wildman–Crippen LogP) is 2.84. The molecule has 2 aliphatic carbocycles. The molecule has 6 heteroatoms. The van der Waals surface area contributed by atoms with Crippen LogP contribution < -0.4 is 5.32 Å². The smallest absolute Gasteiger partial charge is 0.317 e. The van der Waals surface area contributed by atoms with Crippen LogP contribution in [0.5, 0.6) is 0 Å². The maximum atomic E-state index is 12.6. The molecule has 0 saturated heterocycles. The van der Waals surface area contributed by atoms with Gasteiger partial charge in [-0.15, -0.1) is 0 Å². The zero-order valence-corrected chi connectivity index (χ0v) is 15.9. The number of H-pyrrole nitrogens is 1. The molecule has 1 aromatic carbocycles. The van der Waals surface area contributed by atoms with Crippen molar-refractivity contribution >= 4 is 22.8 Å². The molecule has 2 saturated carbocycles. The van der Waals surface area contributed by atoms with Crippen molar-refractivity contribution in [2.75, 3.05) is 13.1 Å². The Labute approximate surface area is 158 Å².